The maximum atomic E-state index is 13.2. The Bertz CT molecular complexity index is 988. The molecule has 0 saturated heterocycles. The number of nitrogens with zero attached hydrogens (tertiary/aromatic N) is 3. The van der Waals surface area contributed by atoms with Crippen LogP contribution in [-0.2, 0) is 0 Å². The summed E-state index contributed by atoms with van der Waals surface area (Å²) in [4.78, 5) is 12.9. The average Bonchev–Trinajstić information content (AvgIpc) is 2.73. The first-order valence-electron chi connectivity index (χ1n) is 9.04. The van der Waals surface area contributed by atoms with Crippen molar-refractivity contribution in [3.63, 3.8) is 0 Å². The fraction of sp³-hybridized carbons (Fsp3) is 0.143. The van der Waals surface area contributed by atoms with Gasteiger partial charge in [-0.1, -0.05) is 12.1 Å². The topological polar surface area (TPSA) is 98.6 Å². The number of benzene rings is 1. The van der Waals surface area contributed by atoms with Gasteiger partial charge in [0.25, 0.3) is 0 Å². The SMILES string of the molecule is CN/C=C(\C=N)c1cc(Nc2cnccn2)nc(NC(C)c2ccc(F)cc2)c1. The third kappa shape index (κ3) is 5.35. The Hall–Kier alpha value is -3.81. The van der Waals surface area contributed by atoms with Crippen LogP contribution in [0.2, 0.25) is 0 Å². The molecule has 0 saturated carbocycles. The van der Waals surface area contributed by atoms with Gasteiger partial charge in [0.1, 0.15) is 23.3 Å². The molecule has 148 valence electrons. The molecule has 1 aromatic carbocycles. The minimum atomic E-state index is -0.274. The lowest BCUT2D eigenvalue weighted by atomic mass is 10.1. The van der Waals surface area contributed by atoms with E-state index < -0.39 is 0 Å². The van der Waals surface area contributed by atoms with Crippen LogP contribution >= 0.6 is 0 Å². The van der Waals surface area contributed by atoms with Crippen molar-refractivity contribution in [2.45, 2.75) is 13.0 Å². The molecule has 8 heteroatoms. The fourth-order valence-electron chi connectivity index (χ4n) is 2.75. The van der Waals surface area contributed by atoms with Gasteiger partial charge in [0.2, 0.25) is 0 Å². The summed E-state index contributed by atoms with van der Waals surface area (Å²) < 4.78 is 13.2. The zero-order valence-corrected chi connectivity index (χ0v) is 16.1. The lowest BCUT2D eigenvalue weighted by molar-refractivity contribution is 0.626. The van der Waals surface area contributed by atoms with E-state index in [1.54, 1.807) is 44.0 Å². The number of hydrogen-bond donors (Lipinski definition) is 4. The van der Waals surface area contributed by atoms with Crippen molar-refractivity contribution in [3.8, 4) is 0 Å². The Morgan fingerprint density at radius 1 is 1.10 bits per heavy atom. The molecule has 1 unspecified atom stereocenters. The summed E-state index contributed by atoms with van der Waals surface area (Å²) >= 11 is 0. The van der Waals surface area contributed by atoms with E-state index in [4.69, 9.17) is 5.41 Å². The third-order valence-corrected chi connectivity index (χ3v) is 4.17. The smallest absolute Gasteiger partial charge is 0.150 e. The fourth-order valence-corrected chi connectivity index (χ4v) is 2.75. The number of pyridine rings is 1. The molecule has 0 fully saturated rings. The lowest BCUT2D eigenvalue weighted by Crippen LogP contribution is -2.10. The number of nitrogens with one attached hydrogen (secondary N) is 4. The quantitative estimate of drug-likeness (QED) is 0.431. The number of rotatable bonds is 8. The molecule has 2 aromatic heterocycles. The molecule has 0 spiro atoms. The summed E-state index contributed by atoms with van der Waals surface area (Å²) in [6.07, 6.45) is 7.79. The van der Waals surface area contributed by atoms with Crippen LogP contribution in [0.5, 0.6) is 0 Å². The number of aromatic nitrogens is 3. The molecule has 3 aromatic rings. The van der Waals surface area contributed by atoms with E-state index in [1.807, 2.05) is 19.1 Å². The summed E-state index contributed by atoms with van der Waals surface area (Å²) in [5.41, 5.74) is 2.42. The van der Waals surface area contributed by atoms with E-state index in [2.05, 4.69) is 30.9 Å². The van der Waals surface area contributed by atoms with E-state index in [-0.39, 0.29) is 11.9 Å². The van der Waals surface area contributed by atoms with Crippen molar-refractivity contribution in [1.82, 2.24) is 20.3 Å². The molecule has 0 bridgehead atoms. The Balaban J connectivity index is 1.93. The van der Waals surface area contributed by atoms with Gasteiger partial charge >= 0.3 is 0 Å². The van der Waals surface area contributed by atoms with E-state index >= 15 is 0 Å². The van der Waals surface area contributed by atoms with Gasteiger partial charge in [0, 0.05) is 43.5 Å². The monoisotopic (exact) mass is 391 g/mol. The molecular formula is C21H22FN7. The first kappa shape index (κ1) is 19.9. The van der Waals surface area contributed by atoms with Crippen molar-refractivity contribution in [3.05, 3.63) is 78.1 Å². The minimum Gasteiger partial charge on any atom is -0.393 e. The van der Waals surface area contributed by atoms with Crippen LogP contribution < -0.4 is 16.0 Å². The Kier molecular flexibility index (Phi) is 6.47. The number of allylic oxidation sites excluding steroid dienone is 1. The Morgan fingerprint density at radius 3 is 2.52 bits per heavy atom. The van der Waals surface area contributed by atoms with Gasteiger partial charge in [0.15, 0.2) is 0 Å². The van der Waals surface area contributed by atoms with Crippen molar-refractivity contribution >= 4 is 29.2 Å². The second-order valence-electron chi connectivity index (χ2n) is 6.29. The molecule has 0 aliphatic heterocycles. The maximum Gasteiger partial charge on any atom is 0.150 e. The van der Waals surface area contributed by atoms with Crippen LogP contribution in [0.4, 0.5) is 21.8 Å². The molecule has 0 aliphatic carbocycles. The highest BCUT2D eigenvalue weighted by molar-refractivity contribution is 6.08. The van der Waals surface area contributed by atoms with Crippen molar-refractivity contribution in [2.75, 3.05) is 17.7 Å². The van der Waals surface area contributed by atoms with Crippen LogP contribution in [0.25, 0.3) is 5.57 Å². The van der Waals surface area contributed by atoms with Gasteiger partial charge in [-0.15, -0.1) is 0 Å². The van der Waals surface area contributed by atoms with E-state index in [9.17, 15) is 4.39 Å². The summed E-state index contributed by atoms with van der Waals surface area (Å²) in [5, 5.41) is 17.1. The molecule has 4 N–H and O–H groups in total. The maximum absolute atomic E-state index is 13.2. The second kappa shape index (κ2) is 9.41. The average molecular weight is 391 g/mol. The molecule has 0 amide bonds. The second-order valence-corrected chi connectivity index (χ2v) is 6.29. The molecule has 2 heterocycles. The number of halogens is 1. The largest absolute Gasteiger partial charge is 0.393 e. The molecule has 1 atom stereocenters. The lowest BCUT2D eigenvalue weighted by Gasteiger charge is -2.17. The van der Waals surface area contributed by atoms with Gasteiger partial charge in [0.05, 0.1) is 6.20 Å². The zero-order valence-electron chi connectivity index (χ0n) is 16.1. The summed E-state index contributed by atoms with van der Waals surface area (Å²) in [6.45, 7) is 1.97. The van der Waals surface area contributed by atoms with Gasteiger partial charge in [-0.05, 0) is 42.3 Å². The Morgan fingerprint density at radius 2 is 1.86 bits per heavy atom. The summed E-state index contributed by atoms with van der Waals surface area (Å²) in [7, 11) is 1.78. The summed E-state index contributed by atoms with van der Waals surface area (Å²) in [6, 6.07) is 9.92. The molecule has 0 aliphatic rings. The number of anilines is 3. The predicted octanol–water partition coefficient (Wildman–Crippen LogP) is 4.14. The molecule has 3 rings (SSSR count). The highest BCUT2D eigenvalue weighted by atomic mass is 19.1. The standard InChI is InChI=1S/C21H22FN7/c1-14(15-3-5-18(22)6-4-15)27-19-9-16(17(11-23)12-24-2)10-20(28-19)29-21-13-25-7-8-26-21/h3-14,23-24H,1-2H3,(H2,26,27,28,29)/b17-12+,23-11?. The van der Waals surface area contributed by atoms with Gasteiger partial charge < -0.3 is 21.4 Å². The minimum absolute atomic E-state index is 0.0978. The van der Waals surface area contributed by atoms with Gasteiger partial charge in [-0.3, -0.25) is 4.98 Å². The van der Waals surface area contributed by atoms with Crippen molar-refractivity contribution in [2.24, 2.45) is 0 Å². The Labute approximate surface area is 168 Å². The molecule has 0 radical (unpaired) electrons. The van der Waals surface area contributed by atoms with Crippen LogP contribution in [0.15, 0.2) is 61.2 Å². The van der Waals surface area contributed by atoms with Crippen LogP contribution in [0, 0.1) is 11.2 Å². The first-order valence-corrected chi connectivity index (χ1v) is 9.04. The predicted molar refractivity (Wildman–Crippen MR) is 114 cm³/mol. The van der Waals surface area contributed by atoms with Crippen LogP contribution in [-0.4, -0.2) is 28.2 Å². The van der Waals surface area contributed by atoms with Crippen molar-refractivity contribution < 1.29 is 4.39 Å². The van der Waals surface area contributed by atoms with Crippen LogP contribution in [0.3, 0.4) is 0 Å². The van der Waals surface area contributed by atoms with E-state index in [0.717, 1.165) is 11.1 Å². The number of hydrogen-bond acceptors (Lipinski definition) is 7. The van der Waals surface area contributed by atoms with Gasteiger partial charge in [-0.2, -0.15) is 0 Å². The third-order valence-electron chi connectivity index (χ3n) is 4.17. The normalized spacial score (nSPS) is 12.2. The molecule has 7 nitrogen and oxygen atoms in total. The van der Waals surface area contributed by atoms with E-state index in [0.29, 0.717) is 23.0 Å². The van der Waals surface area contributed by atoms with Crippen LogP contribution in [0.1, 0.15) is 24.1 Å². The van der Waals surface area contributed by atoms with Gasteiger partial charge in [-0.25, -0.2) is 14.4 Å². The first-order chi connectivity index (χ1) is 14.1. The zero-order chi connectivity index (χ0) is 20.6. The highest BCUT2D eigenvalue weighted by Gasteiger charge is 2.11. The summed E-state index contributed by atoms with van der Waals surface area (Å²) in [5.74, 6) is 1.45. The molecule has 29 heavy (non-hydrogen) atoms. The molecular weight excluding hydrogens is 369 g/mol. The van der Waals surface area contributed by atoms with Crippen molar-refractivity contribution in [1.29, 1.82) is 5.41 Å². The van der Waals surface area contributed by atoms with E-state index in [1.165, 1.54) is 18.3 Å². The highest BCUT2D eigenvalue weighted by Crippen LogP contribution is 2.25.